The van der Waals surface area contributed by atoms with Crippen molar-refractivity contribution in [3.8, 4) is 11.5 Å². The molecule has 23 heavy (non-hydrogen) atoms. The second-order valence-electron chi connectivity index (χ2n) is 6.20. The van der Waals surface area contributed by atoms with E-state index in [2.05, 4.69) is 5.32 Å². The van der Waals surface area contributed by atoms with Crippen LogP contribution in [0.2, 0.25) is 0 Å². The first-order valence-corrected chi connectivity index (χ1v) is 7.35. The predicted molar refractivity (Wildman–Crippen MR) is 81.8 cm³/mol. The first-order chi connectivity index (χ1) is 10.7. The number of nitrogens with one attached hydrogen (secondary N) is 1. The molecule has 0 spiro atoms. The molecule has 126 valence electrons. The van der Waals surface area contributed by atoms with Crippen LogP contribution in [0.5, 0.6) is 11.5 Å². The molecule has 7 heteroatoms. The van der Waals surface area contributed by atoms with E-state index in [1.54, 1.807) is 39.0 Å². The van der Waals surface area contributed by atoms with Gasteiger partial charge in [-0.15, -0.1) is 0 Å². The number of amides is 1. The van der Waals surface area contributed by atoms with Crippen LogP contribution in [0.4, 0.5) is 4.79 Å². The lowest BCUT2D eigenvalue weighted by Crippen LogP contribution is -2.35. The number of carbonyl (C=O) groups is 2. The number of carboxylic acid groups (broad SMARTS) is 1. The molecule has 1 unspecified atom stereocenters. The minimum atomic E-state index is -1.03. The average Bonchev–Trinajstić information content (AvgIpc) is 2.43. The largest absolute Gasteiger partial charge is 0.486 e. The van der Waals surface area contributed by atoms with Gasteiger partial charge in [0, 0.05) is 0 Å². The summed E-state index contributed by atoms with van der Waals surface area (Å²) >= 11 is 0. The fraction of sp³-hybridized carbons (Fsp3) is 0.500. The summed E-state index contributed by atoms with van der Waals surface area (Å²) in [4.78, 5) is 23.0. The Labute approximate surface area is 134 Å². The van der Waals surface area contributed by atoms with Crippen LogP contribution in [0.25, 0.3) is 0 Å². The smallest absolute Gasteiger partial charge is 0.408 e. The van der Waals surface area contributed by atoms with Gasteiger partial charge in [0.05, 0.1) is 12.5 Å². The Morgan fingerprint density at radius 3 is 2.52 bits per heavy atom. The third-order valence-corrected chi connectivity index (χ3v) is 3.04. The predicted octanol–water partition coefficient (Wildman–Crippen LogP) is 2.50. The topological polar surface area (TPSA) is 94.1 Å². The van der Waals surface area contributed by atoms with E-state index in [0.717, 1.165) is 0 Å². The zero-order valence-electron chi connectivity index (χ0n) is 13.4. The number of benzene rings is 1. The summed E-state index contributed by atoms with van der Waals surface area (Å²) in [5.74, 6) is 0.113. The van der Waals surface area contributed by atoms with Crippen LogP contribution < -0.4 is 14.8 Å². The molecule has 1 atom stereocenters. The second kappa shape index (κ2) is 6.76. The molecule has 1 aromatic carbocycles. The van der Waals surface area contributed by atoms with Crippen molar-refractivity contribution >= 4 is 12.1 Å². The van der Waals surface area contributed by atoms with Crippen molar-refractivity contribution in [2.45, 2.75) is 38.8 Å². The molecular weight excluding hydrogens is 302 g/mol. The van der Waals surface area contributed by atoms with Crippen LogP contribution >= 0.6 is 0 Å². The van der Waals surface area contributed by atoms with E-state index in [4.69, 9.17) is 19.3 Å². The zero-order valence-corrected chi connectivity index (χ0v) is 13.4. The van der Waals surface area contributed by atoms with Gasteiger partial charge in [-0.1, -0.05) is 6.07 Å². The van der Waals surface area contributed by atoms with E-state index in [-0.39, 0.29) is 6.42 Å². The molecular formula is C16H21NO6. The molecule has 0 bridgehead atoms. The lowest BCUT2D eigenvalue weighted by molar-refractivity contribution is -0.137. The van der Waals surface area contributed by atoms with Crippen molar-refractivity contribution in [3.63, 3.8) is 0 Å². The van der Waals surface area contributed by atoms with E-state index >= 15 is 0 Å². The number of aliphatic carboxylic acids is 1. The van der Waals surface area contributed by atoms with Crippen LogP contribution in [0.1, 0.15) is 38.8 Å². The Morgan fingerprint density at radius 2 is 1.91 bits per heavy atom. The molecule has 2 rings (SSSR count). The molecule has 0 saturated carbocycles. The Hall–Kier alpha value is -2.44. The SMILES string of the molecule is CC(C)(C)OC(=O)NC(CC(=O)O)c1ccc2c(c1)OCCO2. The van der Waals surface area contributed by atoms with Crippen molar-refractivity contribution in [2.24, 2.45) is 0 Å². The quantitative estimate of drug-likeness (QED) is 0.884. The first kappa shape index (κ1) is 16.9. The molecule has 0 aromatic heterocycles. The van der Waals surface area contributed by atoms with Crippen molar-refractivity contribution in [1.82, 2.24) is 5.32 Å². The number of rotatable bonds is 4. The van der Waals surface area contributed by atoms with Crippen molar-refractivity contribution in [1.29, 1.82) is 0 Å². The van der Waals surface area contributed by atoms with Crippen molar-refractivity contribution in [2.75, 3.05) is 13.2 Å². The van der Waals surface area contributed by atoms with Gasteiger partial charge in [0.25, 0.3) is 0 Å². The Bertz CT molecular complexity index is 593. The van der Waals surface area contributed by atoms with Crippen molar-refractivity contribution < 1.29 is 28.9 Å². The lowest BCUT2D eigenvalue weighted by atomic mass is 10.0. The Balaban J connectivity index is 2.17. The second-order valence-corrected chi connectivity index (χ2v) is 6.20. The van der Waals surface area contributed by atoms with E-state index in [0.29, 0.717) is 30.3 Å². The molecule has 7 nitrogen and oxygen atoms in total. The number of ether oxygens (including phenoxy) is 3. The molecule has 1 amide bonds. The minimum Gasteiger partial charge on any atom is -0.486 e. The van der Waals surface area contributed by atoms with Gasteiger partial charge in [-0.2, -0.15) is 0 Å². The third kappa shape index (κ3) is 5.05. The molecule has 1 aliphatic rings. The zero-order chi connectivity index (χ0) is 17.0. The molecule has 0 fully saturated rings. The highest BCUT2D eigenvalue weighted by atomic mass is 16.6. The Kier molecular flexibility index (Phi) is 4.98. The summed E-state index contributed by atoms with van der Waals surface area (Å²) in [6, 6.07) is 4.37. The van der Waals surface area contributed by atoms with Gasteiger partial charge in [0.15, 0.2) is 11.5 Å². The number of hydrogen-bond donors (Lipinski definition) is 2. The molecule has 1 heterocycles. The number of hydrogen-bond acceptors (Lipinski definition) is 5. The first-order valence-electron chi connectivity index (χ1n) is 7.35. The molecule has 2 N–H and O–H groups in total. The average molecular weight is 323 g/mol. The van der Waals surface area contributed by atoms with E-state index in [1.807, 2.05) is 0 Å². The van der Waals surface area contributed by atoms with Gasteiger partial charge in [-0.3, -0.25) is 4.79 Å². The fourth-order valence-electron chi connectivity index (χ4n) is 2.15. The maximum atomic E-state index is 11.9. The molecule has 0 aliphatic carbocycles. The third-order valence-electron chi connectivity index (χ3n) is 3.04. The number of fused-ring (bicyclic) bond motifs is 1. The van der Waals surface area contributed by atoms with Gasteiger partial charge in [0.2, 0.25) is 0 Å². The number of alkyl carbamates (subject to hydrolysis) is 1. The minimum absolute atomic E-state index is 0.265. The summed E-state index contributed by atoms with van der Waals surface area (Å²) in [5, 5.41) is 11.7. The van der Waals surface area contributed by atoms with Crippen LogP contribution in [0.3, 0.4) is 0 Å². The summed E-state index contributed by atoms with van der Waals surface area (Å²) in [6.07, 6.45) is -0.933. The summed E-state index contributed by atoms with van der Waals surface area (Å²) in [6.45, 7) is 6.12. The van der Waals surface area contributed by atoms with E-state index in [1.165, 1.54) is 0 Å². The number of carboxylic acids is 1. The molecule has 1 aromatic rings. The normalized spacial score (nSPS) is 14.7. The highest BCUT2D eigenvalue weighted by molar-refractivity contribution is 5.72. The monoisotopic (exact) mass is 323 g/mol. The van der Waals surface area contributed by atoms with Gasteiger partial charge in [0.1, 0.15) is 18.8 Å². The standard InChI is InChI=1S/C16H21NO6/c1-16(2,3)23-15(20)17-11(9-14(18)19)10-4-5-12-13(8-10)22-7-6-21-12/h4-5,8,11H,6-7,9H2,1-3H3,(H,17,20)(H,18,19). The summed E-state index contributed by atoms with van der Waals surface area (Å²) in [7, 11) is 0. The van der Waals surface area contributed by atoms with Gasteiger partial charge >= 0.3 is 12.1 Å². The summed E-state index contributed by atoms with van der Waals surface area (Å²) < 4.78 is 16.1. The van der Waals surface area contributed by atoms with Gasteiger partial charge in [-0.05, 0) is 38.5 Å². The highest BCUT2D eigenvalue weighted by Gasteiger charge is 2.24. The van der Waals surface area contributed by atoms with E-state index in [9.17, 15) is 9.59 Å². The van der Waals surface area contributed by atoms with Crippen LogP contribution in [-0.2, 0) is 9.53 Å². The Morgan fingerprint density at radius 1 is 1.26 bits per heavy atom. The van der Waals surface area contributed by atoms with Gasteiger partial charge in [-0.25, -0.2) is 4.79 Å². The fourth-order valence-corrected chi connectivity index (χ4v) is 2.15. The number of carbonyl (C=O) groups excluding carboxylic acids is 1. The van der Waals surface area contributed by atoms with Crippen LogP contribution in [0.15, 0.2) is 18.2 Å². The van der Waals surface area contributed by atoms with Crippen LogP contribution in [0, 0.1) is 0 Å². The summed E-state index contributed by atoms with van der Waals surface area (Å²) in [5.41, 5.74) is -0.0486. The maximum Gasteiger partial charge on any atom is 0.408 e. The van der Waals surface area contributed by atoms with Gasteiger partial charge < -0.3 is 24.6 Å². The highest BCUT2D eigenvalue weighted by Crippen LogP contribution is 2.33. The van der Waals surface area contributed by atoms with Crippen molar-refractivity contribution in [3.05, 3.63) is 23.8 Å². The van der Waals surface area contributed by atoms with Crippen LogP contribution in [-0.4, -0.2) is 36.0 Å². The maximum absolute atomic E-state index is 11.9. The molecule has 1 aliphatic heterocycles. The molecule has 0 radical (unpaired) electrons. The molecule has 0 saturated heterocycles. The lowest BCUT2D eigenvalue weighted by Gasteiger charge is -2.24. The van der Waals surface area contributed by atoms with E-state index < -0.39 is 23.7 Å².